The van der Waals surface area contributed by atoms with Gasteiger partial charge in [-0.15, -0.1) is 0 Å². The van der Waals surface area contributed by atoms with Crippen molar-refractivity contribution in [2.45, 2.75) is 70.5 Å². The number of nitrogens with zero attached hydrogens (tertiary/aromatic N) is 2. The summed E-state index contributed by atoms with van der Waals surface area (Å²) < 4.78 is 99.3. The van der Waals surface area contributed by atoms with Crippen molar-refractivity contribution in [2.24, 2.45) is 5.41 Å². The van der Waals surface area contributed by atoms with Crippen LogP contribution >= 0.6 is 0 Å². The van der Waals surface area contributed by atoms with E-state index in [-0.39, 0.29) is 6.42 Å². The molecule has 0 radical (unpaired) electrons. The molecule has 1 amide bonds. The lowest BCUT2D eigenvalue weighted by Crippen LogP contribution is -2.59. The molecule has 14 heteroatoms. The Labute approximate surface area is 293 Å². The molecule has 51 heavy (non-hydrogen) atoms. The number of alkyl halides is 6. The number of rotatable bonds is 10. The van der Waals surface area contributed by atoms with Gasteiger partial charge in [0.25, 0.3) is 0 Å². The van der Waals surface area contributed by atoms with E-state index in [1.54, 1.807) is 26.4 Å². The second kappa shape index (κ2) is 14.9. The highest BCUT2D eigenvalue weighted by atomic mass is 19.4. The molecule has 8 nitrogen and oxygen atoms in total. The average Bonchev–Trinajstić information content (AvgIpc) is 3.08. The average molecular weight is 724 g/mol. The molecule has 0 unspecified atom stereocenters. The maximum atomic E-state index is 14.5. The van der Waals surface area contributed by atoms with Crippen LogP contribution in [-0.4, -0.2) is 93.6 Å². The van der Waals surface area contributed by atoms with Crippen molar-refractivity contribution in [3.63, 3.8) is 0 Å². The number of fused-ring (bicyclic) bond motifs is 2. The fraction of sp³-hybridized carbons (Fsp3) is 0.514. The third kappa shape index (κ3) is 7.76. The van der Waals surface area contributed by atoms with Crippen molar-refractivity contribution >= 4 is 22.6 Å². The van der Waals surface area contributed by atoms with E-state index in [9.17, 15) is 35.9 Å². The van der Waals surface area contributed by atoms with E-state index in [4.69, 9.17) is 14.2 Å². The third-order valence-electron chi connectivity index (χ3n) is 10.2. The molecule has 1 atom stereocenters. The Bertz CT molecular complexity index is 1750. The minimum absolute atomic E-state index is 0.213. The first kappa shape index (κ1) is 38.2. The van der Waals surface area contributed by atoms with E-state index >= 15 is 0 Å². The Morgan fingerprint density at radius 3 is 2.18 bits per heavy atom. The summed E-state index contributed by atoms with van der Waals surface area (Å²) in [6.45, 7) is 3.30. The Hall–Kier alpha value is -4.04. The molecule has 1 N–H and O–H groups in total. The largest absolute Gasteiger partial charge is 0.496 e. The molecule has 0 bridgehead atoms. The number of ether oxygens (including phenoxy) is 3. The van der Waals surface area contributed by atoms with Crippen molar-refractivity contribution < 1.29 is 50.1 Å². The molecule has 3 aromatic rings. The number of hydrogen-bond donors (Lipinski definition) is 1. The standard InChI is InChI=1S/C37H43F6N3O5/c1-22(2)46-15-12-24-19-30(49-3)31(32(50-4)28(24)20-46)27-11-7-9-25-23(8-6-10-26(25)27)18-29(33(47)51-5)44-34(48)35(37(41,42)43)13-16-45(17-14-35)21-36(38,39)40/h6-11,19,22,29H,12-18,20-21H2,1-5H3,(H,44,48)/t29-/m0/s1. The fourth-order valence-electron chi connectivity index (χ4n) is 7.36. The SMILES string of the molecule is COC(=O)[C@H](Cc1cccc2c(-c3c(OC)cc4c(c3OC)CN(C(C)C)CC4)cccc12)NC(=O)C1(C(F)(F)F)CCN(CC(F)(F)F)CC1. The lowest BCUT2D eigenvalue weighted by molar-refractivity contribution is -0.236. The number of amides is 1. The molecule has 0 saturated carbocycles. The first-order chi connectivity index (χ1) is 24.0. The van der Waals surface area contributed by atoms with E-state index in [0.717, 1.165) is 52.6 Å². The van der Waals surface area contributed by atoms with Crippen LogP contribution in [-0.2, 0) is 33.7 Å². The minimum Gasteiger partial charge on any atom is -0.496 e. The number of hydrogen-bond acceptors (Lipinski definition) is 7. The summed E-state index contributed by atoms with van der Waals surface area (Å²) >= 11 is 0. The predicted octanol–water partition coefficient (Wildman–Crippen LogP) is 6.70. The molecule has 0 aliphatic carbocycles. The van der Waals surface area contributed by atoms with Crippen LogP contribution in [0, 0.1) is 5.41 Å². The molecule has 5 rings (SSSR count). The van der Waals surface area contributed by atoms with Crippen molar-refractivity contribution in [3.05, 3.63) is 59.2 Å². The molecule has 2 aliphatic rings. The number of carbonyl (C=O) groups is 2. The van der Waals surface area contributed by atoms with Crippen molar-refractivity contribution in [2.75, 3.05) is 47.5 Å². The van der Waals surface area contributed by atoms with E-state index in [1.807, 2.05) is 30.3 Å². The maximum Gasteiger partial charge on any atom is 0.403 e. The van der Waals surface area contributed by atoms with Gasteiger partial charge in [0.2, 0.25) is 5.91 Å². The van der Waals surface area contributed by atoms with E-state index in [1.165, 1.54) is 0 Å². The third-order valence-corrected chi connectivity index (χ3v) is 10.2. The second-order valence-electron chi connectivity index (χ2n) is 13.5. The predicted molar refractivity (Wildman–Crippen MR) is 180 cm³/mol. The minimum atomic E-state index is -5.07. The molecule has 1 saturated heterocycles. The molecular weight excluding hydrogens is 680 g/mol. The van der Waals surface area contributed by atoms with E-state index < -0.39 is 68.2 Å². The molecule has 0 spiro atoms. The Kier molecular flexibility index (Phi) is 11.2. The summed E-state index contributed by atoms with van der Waals surface area (Å²) in [6, 6.07) is 11.7. The molecule has 278 valence electrons. The Morgan fingerprint density at radius 1 is 0.922 bits per heavy atom. The Balaban J connectivity index is 1.51. The van der Waals surface area contributed by atoms with Gasteiger partial charge in [-0.1, -0.05) is 36.4 Å². The number of carbonyl (C=O) groups excluding carboxylic acids is 2. The zero-order valence-corrected chi connectivity index (χ0v) is 29.3. The Morgan fingerprint density at radius 2 is 1.59 bits per heavy atom. The maximum absolute atomic E-state index is 14.5. The van der Waals surface area contributed by atoms with Crippen LogP contribution in [0.15, 0.2) is 42.5 Å². The van der Waals surface area contributed by atoms with Crippen LogP contribution in [0.3, 0.4) is 0 Å². The summed E-state index contributed by atoms with van der Waals surface area (Å²) in [5.74, 6) is -1.15. The molecule has 2 aliphatic heterocycles. The van der Waals surface area contributed by atoms with Gasteiger partial charge in [-0.05, 0) is 79.7 Å². The van der Waals surface area contributed by atoms with Crippen LogP contribution in [0.4, 0.5) is 26.3 Å². The van der Waals surface area contributed by atoms with Crippen LogP contribution in [0.2, 0.25) is 0 Å². The highest BCUT2D eigenvalue weighted by Gasteiger charge is 2.61. The number of nitrogens with one attached hydrogen (secondary N) is 1. The molecule has 0 aromatic heterocycles. The lowest BCUT2D eigenvalue weighted by Gasteiger charge is -2.42. The van der Waals surface area contributed by atoms with Crippen LogP contribution in [0.1, 0.15) is 43.4 Å². The second-order valence-corrected chi connectivity index (χ2v) is 13.5. The summed E-state index contributed by atoms with van der Waals surface area (Å²) in [6.07, 6.45) is -10.8. The molecule has 2 heterocycles. The van der Waals surface area contributed by atoms with Gasteiger partial charge in [0, 0.05) is 31.1 Å². The van der Waals surface area contributed by atoms with Gasteiger partial charge < -0.3 is 19.5 Å². The number of halogens is 6. The fourth-order valence-corrected chi connectivity index (χ4v) is 7.36. The van der Waals surface area contributed by atoms with Gasteiger partial charge in [0.05, 0.1) is 33.4 Å². The van der Waals surface area contributed by atoms with Crippen molar-refractivity contribution in [1.82, 2.24) is 15.1 Å². The van der Waals surface area contributed by atoms with Crippen LogP contribution in [0.5, 0.6) is 11.5 Å². The highest BCUT2D eigenvalue weighted by Crippen LogP contribution is 2.48. The smallest absolute Gasteiger partial charge is 0.403 e. The van der Waals surface area contributed by atoms with E-state index in [2.05, 4.69) is 24.1 Å². The topological polar surface area (TPSA) is 80.3 Å². The first-order valence-corrected chi connectivity index (χ1v) is 16.8. The van der Waals surface area contributed by atoms with Gasteiger partial charge in [-0.2, -0.15) is 26.3 Å². The zero-order valence-electron chi connectivity index (χ0n) is 29.3. The number of piperidine rings is 1. The number of benzene rings is 3. The lowest BCUT2D eigenvalue weighted by atomic mass is 9.76. The van der Waals surface area contributed by atoms with Gasteiger partial charge in [-0.25, -0.2) is 4.79 Å². The van der Waals surface area contributed by atoms with Crippen LogP contribution < -0.4 is 14.8 Å². The first-order valence-electron chi connectivity index (χ1n) is 16.8. The summed E-state index contributed by atoms with van der Waals surface area (Å²) in [4.78, 5) is 29.7. The monoisotopic (exact) mass is 723 g/mol. The van der Waals surface area contributed by atoms with Gasteiger partial charge in [-0.3, -0.25) is 14.6 Å². The summed E-state index contributed by atoms with van der Waals surface area (Å²) in [7, 11) is 4.26. The van der Waals surface area contributed by atoms with Gasteiger partial charge >= 0.3 is 18.3 Å². The van der Waals surface area contributed by atoms with Gasteiger partial charge in [0.15, 0.2) is 0 Å². The normalized spacial score (nSPS) is 17.6. The number of esters is 1. The number of likely N-dealkylation sites (tertiary alicyclic amines) is 1. The quantitative estimate of drug-likeness (QED) is 0.184. The van der Waals surface area contributed by atoms with Crippen molar-refractivity contribution in [3.8, 4) is 22.6 Å². The molecule has 1 fully saturated rings. The van der Waals surface area contributed by atoms with E-state index in [0.29, 0.717) is 35.0 Å². The van der Waals surface area contributed by atoms with Crippen LogP contribution in [0.25, 0.3) is 21.9 Å². The van der Waals surface area contributed by atoms with Gasteiger partial charge in [0.1, 0.15) is 23.0 Å². The molecular formula is C37H43F6N3O5. The highest BCUT2D eigenvalue weighted by molar-refractivity contribution is 6.02. The zero-order chi connectivity index (χ0) is 37.3. The van der Waals surface area contributed by atoms with Crippen molar-refractivity contribution in [1.29, 1.82) is 0 Å². The number of methoxy groups -OCH3 is 3. The summed E-state index contributed by atoms with van der Waals surface area (Å²) in [5, 5.41) is 3.70. The summed E-state index contributed by atoms with van der Waals surface area (Å²) in [5.41, 5.74) is 1.26. The molecule has 3 aromatic carbocycles.